The molecule has 34 heavy (non-hydrogen) atoms. The Morgan fingerprint density at radius 3 is 2.50 bits per heavy atom. The third-order valence-corrected chi connectivity index (χ3v) is 6.98. The number of fused-ring (bicyclic) bond motifs is 1. The van der Waals surface area contributed by atoms with Crippen molar-refractivity contribution in [1.29, 1.82) is 0 Å². The number of nitrogens with one attached hydrogen (secondary N) is 1. The standard InChI is InChI=1S/C26H27BrN4O3/c1-17-21(16-29-18(2)22(27)8-9-23(17)34-3)24(32)26(33)31-14-12-30(13-15-31)25-20-7-5-4-6-19(20)10-11-28-25/h4-11,16,29H,12-15H2,1-3H3. The molecule has 0 radical (unpaired) electrons. The van der Waals surface area contributed by atoms with E-state index in [-0.39, 0.29) is 5.56 Å². The van der Waals surface area contributed by atoms with Gasteiger partial charge in [0.15, 0.2) is 0 Å². The quantitative estimate of drug-likeness (QED) is 0.400. The number of piperazine rings is 1. The summed E-state index contributed by atoms with van der Waals surface area (Å²) >= 11 is 3.49. The third kappa shape index (κ3) is 4.77. The van der Waals surface area contributed by atoms with Gasteiger partial charge in [-0.3, -0.25) is 9.59 Å². The van der Waals surface area contributed by atoms with E-state index in [1.165, 1.54) is 0 Å². The molecule has 0 aliphatic carbocycles. The van der Waals surface area contributed by atoms with Gasteiger partial charge in [0, 0.05) is 59.7 Å². The van der Waals surface area contributed by atoms with Crippen molar-refractivity contribution in [2.45, 2.75) is 13.8 Å². The highest BCUT2D eigenvalue weighted by Crippen LogP contribution is 2.26. The van der Waals surface area contributed by atoms with Crippen LogP contribution in [0.15, 0.2) is 59.3 Å². The number of halogens is 1. The summed E-state index contributed by atoms with van der Waals surface area (Å²) in [5.41, 5.74) is 1.69. The minimum Gasteiger partial charge on any atom is -0.496 e. The maximum Gasteiger partial charge on any atom is 0.295 e. The topological polar surface area (TPSA) is 78.5 Å². The molecule has 176 valence electrons. The zero-order chi connectivity index (χ0) is 24.2. The minimum absolute atomic E-state index is 0.284. The summed E-state index contributed by atoms with van der Waals surface area (Å²) in [5.74, 6) is 0.350. The first-order chi connectivity index (χ1) is 16.4. The second-order valence-corrected chi connectivity index (χ2v) is 9.02. The maximum atomic E-state index is 13.3. The molecule has 1 aliphatic heterocycles. The van der Waals surface area contributed by atoms with Crippen LogP contribution in [0.3, 0.4) is 0 Å². The highest BCUT2D eigenvalue weighted by molar-refractivity contribution is 9.10. The fourth-order valence-electron chi connectivity index (χ4n) is 4.08. The Balaban J connectivity index is 1.56. The van der Waals surface area contributed by atoms with E-state index in [1.54, 1.807) is 37.4 Å². The molecular weight excluding hydrogens is 496 g/mol. The van der Waals surface area contributed by atoms with Crippen molar-refractivity contribution in [2.24, 2.45) is 0 Å². The van der Waals surface area contributed by atoms with Crippen LogP contribution in [-0.4, -0.2) is 59.8 Å². The zero-order valence-corrected chi connectivity index (χ0v) is 21.1. The number of carbonyl (C=O) groups is 2. The summed E-state index contributed by atoms with van der Waals surface area (Å²) in [4.78, 5) is 38.0. The number of H-pyrrole nitrogens is 1. The lowest BCUT2D eigenvalue weighted by Gasteiger charge is -2.35. The number of pyridine rings is 1. The van der Waals surface area contributed by atoms with E-state index >= 15 is 0 Å². The molecule has 1 aromatic carbocycles. The molecule has 4 rings (SSSR count). The van der Waals surface area contributed by atoms with Gasteiger partial charge in [-0.15, -0.1) is 0 Å². The summed E-state index contributed by atoms with van der Waals surface area (Å²) in [6.45, 7) is 5.75. The number of aromatic nitrogens is 2. The number of Topliss-reactive ketones (excluding diaryl/α,β-unsaturated/α-hetero) is 1. The molecule has 7 nitrogen and oxygen atoms in total. The first-order valence-electron chi connectivity index (χ1n) is 11.1. The van der Waals surface area contributed by atoms with Crippen LogP contribution < -0.4 is 9.64 Å². The smallest absolute Gasteiger partial charge is 0.295 e. The Morgan fingerprint density at radius 1 is 1.03 bits per heavy atom. The maximum absolute atomic E-state index is 13.3. The number of aromatic amines is 1. The van der Waals surface area contributed by atoms with Gasteiger partial charge in [0.25, 0.3) is 11.7 Å². The molecule has 8 heteroatoms. The van der Waals surface area contributed by atoms with Crippen molar-refractivity contribution in [2.75, 3.05) is 38.2 Å². The monoisotopic (exact) mass is 522 g/mol. The lowest BCUT2D eigenvalue weighted by molar-refractivity contribution is -0.126. The molecule has 1 fully saturated rings. The number of carbonyl (C=O) groups excluding carboxylic acids is 2. The third-order valence-electron chi connectivity index (χ3n) is 6.12. The number of hydrogen-bond acceptors (Lipinski definition) is 5. The molecule has 1 amide bonds. The van der Waals surface area contributed by atoms with E-state index in [9.17, 15) is 9.59 Å². The normalized spacial score (nSPS) is 13.5. The van der Waals surface area contributed by atoms with Crippen molar-refractivity contribution in [1.82, 2.24) is 14.9 Å². The van der Waals surface area contributed by atoms with E-state index in [0.717, 1.165) is 26.8 Å². The van der Waals surface area contributed by atoms with Crippen molar-refractivity contribution >= 4 is 44.2 Å². The highest BCUT2D eigenvalue weighted by atomic mass is 79.9. The molecule has 0 spiro atoms. The Kier molecular flexibility index (Phi) is 7.17. The Hall–Kier alpha value is -3.39. The van der Waals surface area contributed by atoms with Crippen molar-refractivity contribution < 1.29 is 14.3 Å². The van der Waals surface area contributed by atoms with Crippen LogP contribution in [0.5, 0.6) is 5.75 Å². The number of methoxy groups -OCH3 is 1. The molecule has 1 N–H and O–H groups in total. The molecule has 0 unspecified atom stereocenters. The van der Waals surface area contributed by atoms with Gasteiger partial charge in [0.2, 0.25) is 0 Å². The Morgan fingerprint density at radius 2 is 1.76 bits per heavy atom. The molecule has 3 heterocycles. The number of rotatable bonds is 4. The van der Waals surface area contributed by atoms with Gasteiger partial charge < -0.3 is 19.5 Å². The largest absolute Gasteiger partial charge is 0.496 e. The first kappa shape index (κ1) is 23.8. The Bertz CT molecular complexity index is 1290. The number of ether oxygens (including phenoxy) is 1. The first-order valence-corrected chi connectivity index (χ1v) is 11.9. The molecule has 0 saturated carbocycles. The molecule has 1 aliphatic rings. The van der Waals surface area contributed by atoms with Gasteiger partial charge in [0.1, 0.15) is 11.6 Å². The second kappa shape index (κ2) is 10.3. The van der Waals surface area contributed by atoms with Gasteiger partial charge in [-0.1, -0.05) is 24.3 Å². The summed E-state index contributed by atoms with van der Waals surface area (Å²) in [5, 5.41) is 2.21. The van der Waals surface area contributed by atoms with Crippen LogP contribution in [0.2, 0.25) is 0 Å². The number of amides is 1. The fraction of sp³-hybridized carbons (Fsp3) is 0.269. The van der Waals surface area contributed by atoms with Gasteiger partial charge in [-0.05, 0) is 53.4 Å². The van der Waals surface area contributed by atoms with E-state index < -0.39 is 11.7 Å². The fourth-order valence-corrected chi connectivity index (χ4v) is 4.33. The van der Waals surface area contributed by atoms with Crippen LogP contribution in [0, 0.1) is 13.8 Å². The number of ketones is 1. The van der Waals surface area contributed by atoms with Gasteiger partial charge in [-0.2, -0.15) is 0 Å². The molecule has 3 aromatic rings. The van der Waals surface area contributed by atoms with Crippen LogP contribution in [0.1, 0.15) is 21.6 Å². The predicted molar refractivity (Wildman–Crippen MR) is 137 cm³/mol. The molecule has 1 saturated heterocycles. The van der Waals surface area contributed by atoms with Gasteiger partial charge in [-0.25, -0.2) is 4.98 Å². The highest BCUT2D eigenvalue weighted by Gasteiger charge is 2.29. The summed E-state index contributed by atoms with van der Waals surface area (Å²) in [6, 6.07) is 13.7. The average molecular weight is 523 g/mol. The lowest BCUT2D eigenvalue weighted by Crippen LogP contribution is -2.51. The number of aryl methyl sites for hydroxylation is 1. The number of hydrogen-bond donors (Lipinski definition) is 1. The number of nitrogens with zero attached hydrogens (tertiary/aromatic N) is 3. The van der Waals surface area contributed by atoms with E-state index in [1.807, 2.05) is 31.2 Å². The van der Waals surface area contributed by atoms with E-state index in [0.29, 0.717) is 37.5 Å². The molecule has 0 bridgehead atoms. The Labute approximate surface area is 207 Å². The average Bonchev–Trinajstić information content (AvgIpc) is 2.92. The second-order valence-electron chi connectivity index (χ2n) is 8.17. The molecule has 0 atom stereocenters. The minimum atomic E-state index is -0.560. The number of benzene rings is 1. The van der Waals surface area contributed by atoms with Crippen molar-refractivity contribution in [3.63, 3.8) is 0 Å². The van der Waals surface area contributed by atoms with Crippen LogP contribution in [-0.2, 0) is 4.79 Å². The van der Waals surface area contributed by atoms with E-state index in [2.05, 4.69) is 42.9 Å². The predicted octanol–water partition coefficient (Wildman–Crippen LogP) is 4.61. The van der Waals surface area contributed by atoms with Crippen molar-refractivity contribution in [3.05, 3.63) is 76.2 Å². The summed E-state index contributed by atoms with van der Waals surface area (Å²) < 4.78 is 6.30. The van der Waals surface area contributed by atoms with Crippen LogP contribution in [0.25, 0.3) is 10.8 Å². The van der Waals surface area contributed by atoms with Gasteiger partial charge >= 0.3 is 0 Å². The SMILES string of the molecule is COc1ccc(Br)c(C)[nH]cc(C(=O)C(=O)N2CCN(c3nccc4ccccc34)CC2)c1C. The van der Waals surface area contributed by atoms with Gasteiger partial charge in [0.05, 0.1) is 12.7 Å². The summed E-state index contributed by atoms with van der Waals surface area (Å²) in [6.07, 6.45) is 3.38. The lowest BCUT2D eigenvalue weighted by atomic mass is 10.1. The van der Waals surface area contributed by atoms with E-state index in [4.69, 9.17) is 4.74 Å². The number of anilines is 1. The van der Waals surface area contributed by atoms with Crippen LogP contribution in [0.4, 0.5) is 5.82 Å². The van der Waals surface area contributed by atoms with Crippen LogP contribution >= 0.6 is 15.9 Å². The summed E-state index contributed by atoms with van der Waals surface area (Å²) in [7, 11) is 1.55. The molecular formula is C26H27BrN4O3. The van der Waals surface area contributed by atoms with Crippen molar-refractivity contribution in [3.8, 4) is 5.75 Å². The zero-order valence-electron chi connectivity index (χ0n) is 19.5. The molecule has 2 aromatic heterocycles.